The SMILES string of the molecule is C[C@@H](O)[C@H](NC(=O)OCc1ccccc1)C(=O)N[C@H](C(=O)O)C1c2ccccc2-c2ccccc21. The Bertz CT molecular complexity index is 1180. The summed E-state index contributed by atoms with van der Waals surface area (Å²) in [7, 11) is 0. The highest BCUT2D eigenvalue weighted by molar-refractivity contribution is 5.92. The predicted octanol–water partition coefficient (Wildman–Crippen LogP) is 3.04. The van der Waals surface area contributed by atoms with Crippen molar-refractivity contribution in [3.63, 3.8) is 0 Å². The van der Waals surface area contributed by atoms with Gasteiger partial charge in [0.25, 0.3) is 0 Å². The zero-order valence-corrected chi connectivity index (χ0v) is 19.0. The van der Waals surface area contributed by atoms with E-state index in [1.165, 1.54) is 6.92 Å². The van der Waals surface area contributed by atoms with Crippen molar-refractivity contribution in [1.29, 1.82) is 0 Å². The second kappa shape index (κ2) is 10.4. The van der Waals surface area contributed by atoms with E-state index < -0.39 is 42.1 Å². The lowest BCUT2D eigenvalue weighted by Crippen LogP contribution is -2.56. The van der Waals surface area contributed by atoms with Crippen LogP contribution in [0.15, 0.2) is 78.9 Å². The van der Waals surface area contributed by atoms with Crippen molar-refractivity contribution in [1.82, 2.24) is 10.6 Å². The molecule has 3 aromatic carbocycles. The van der Waals surface area contributed by atoms with Crippen LogP contribution in [0.1, 0.15) is 29.5 Å². The largest absolute Gasteiger partial charge is 0.480 e. The van der Waals surface area contributed by atoms with E-state index in [0.717, 1.165) is 27.8 Å². The molecule has 8 nitrogen and oxygen atoms in total. The molecule has 1 aliphatic carbocycles. The van der Waals surface area contributed by atoms with Crippen LogP contribution >= 0.6 is 0 Å². The number of aliphatic hydroxyl groups excluding tert-OH is 1. The minimum atomic E-state index is -1.41. The predicted molar refractivity (Wildman–Crippen MR) is 129 cm³/mol. The Labute approximate surface area is 202 Å². The third-order valence-corrected chi connectivity index (χ3v) is 6.03. The maximum absolute atomic E-state index is 13.1. The van der Waals surface area contributed by atoms with Gasteiger partial charge < -0.3 is 25.6 Å². The molecule has 0 saturated heterocycles. The van der Waals surface area contributed by atoms with Crippen LogP contribution in [0.5, 0.6) is 0 Å². The lowest BCUT2D eigenvalue weighted by atomic mass is 9.89. The van der Waals surface area contributed by atoms with Crippen molar-refractivity contribution in [3.05, 3.63) is 95.6 Å². The molecule has 1 aliphatic rings. The number of carboxylic acid groups (broad SMARTS) is 1. The van der Waals surface area contributed by atoms with Gasteiger partial charge in [-0.15, -0.1) is 0 Å². The normalized spacial score (nSPS) is 14.7. The molecule has 0 unspecified atom stereocenters. The Hall–Kier alpha value is -4.17. The molecule has 0 aliphatic heterocycles. The molecule has 180 valence electrons. The first-order chi connectivity index (χ1) is 16.9. The number of carboxylic acids is 1. The van der Waals surface area contributed by atoms with Crippen LogP contribution in [0, 0.1) is 0 Å². The molecule has 8 heteroatoms. The van der Waals surface area contributed by atoms with Crippen LogP contribution in [-0.2, 0) is 20.9 Å². The van der Waals surface area contributed by atoms with E-state index in [9.17, 15) is 24.6 Å². The number of carbonyl (C=O) groups excluding carboxylic acids is 2. The third-order valence-electron chi connectivity index (χ3n) is 6.03. The van der Waals surface area contributed by atoms with Gasteiger partial charge in [0.05, 0.1) is 6.10 Å². The maximum atomic E-state index is 13.1. The molecule has 3 atom stereocenters. The third kappa shape index (κ3) is 5.17. The van der Waals surface area contributed by atoms with Gasteiger partial charge in [0, 0.05) is 5.92 Å². The fourth-order valence-corrected chi connectivity index (χ4v) is 4.38. The summed E-state index contributed by atoms with van der Waals surface area (Å²) in [6.45, 7) is 1.31. The smallest absolute Gasteiger partial charge is 0.408 e. The van der Waals surface area contributed by atoms with Gasteiger partial charge in [0.2, 0.25) is 5.91 Å². The second-order valence-corrected chi connectivity index (χ2v) is 8.40. The first-order valence-electron chi connectivity index (χ1n) is 11.2. The molecule has 0 fully saturated rings. The standard InChI is InChI=1S/C27H26N2O6/c1-16(30)23(29-27(34)35-15-17-9-3-2-4-10-17)25(31)28-24(26(32)33)22-20-13-7-5-11-18(20)19-12-6-8-14-21(19)22/h2-14,16,22-24,30H,15H2,1H3,(H,28,31)(H,29,34)(H,32,33)/t16-,23+,24+/m1/s1. The maximum Gasteiger partial charge on any atom is 0.408 e. The Morgan fingerprint density at radius 1 is 0.857 bits per heavy atom. The van der Waals surface area contributed by atoms with Crippen LogP contribution in [0.3, 0.4) is 0 Å². The molecule has 4 rings (SSSR count). The Morgan fingerprint density at radius 2 is 1.40 bits per heavy atom. The summed E-state index contributed by atoms with van der Waals surface area (Å²) in [5.41, 5.74) is 4.13. The molecule has 0 aromatic heterocycles. The second-order valence-electron chi connectivity index (χ2n) is 8.40. The van der Waals surface area contributed by atoms with E-state index in [-0.39, 0.29) is 6.61 Å². The molecule has 3 aromatic rings. The molecular formula is C27H26N2O6. The number of amides is 2. The van der Waals surface area contributed by atoms with E-state index in [4.69, 9.17) is 4.74 Å². The van der Waals surface area contributed by atoms with Crippen LogP contribution in [0.25, 0.3) is 11.1 Å². The fraction of sp³-hybridized carbons (Fsp3) is 0.222. The topological polar surface area (TPSA) is 125 Å². The number of ether oxygens (including phenoxy) is 1. The van der Waals surface area contributed by atoms with Gasteiger partial charge in [-0.1, -0.05) is 78.9 Å². The Kier molecular flexibility index (Phi) is 7.12. The molecule has 0 bridgehead atoms. The fourth-order valence-electron chi connectivity index (χ4n) is 4.38. The summed E-state index contributed by atoms with van der Waals surface area (Å²) in [5.74, 6) is -2.69. The molecule has 0 spiro atoms. The number of hydrogen-bond donors (Lipinski definition) is 4. The average Bonchev–Trinajstić information content (AvgIpc) is 3.19. The number of benzene rings is 3. The molecule has 0 saturated carbocycles. The summed E-state index contributed by atoms with van der Waals surface area (Å²) in [5, 5.41) is 25.1. The van der Waals surface area contributed by atoms with Crippen molar-refractivity contribution in [2.24, 2.45) is 0 Å². The number of rotatable bonds is 8. The van der Waals surface area contributed by atoms with Crippen LogP contribution in [0.4, 0.5) is 4.79 Å². The van der Waals surface area contributed by atoms with E-state index in [1.807, 2.05) is 54.6 Å². The molecule has 35 heavy (non-hydrogen) atoms. The number of nitrogens with one attached hydrogen (secondary N) is 2. The van der Waals surface area contributed by atoms with Crippen molar-refractivity contribution >= 4 is 18.0 Å². The molecule has 2 amide bonds. The number of alkyl carbamates (subject to hydrolysis) is 1. The number of aliphatic hydroxyl groups is 1. The number of fused-ring (bicyclic) bond motifs is 3. The quantitative estimate of drug-likeness (QED) is 0.398. The zero-order chi connectivity index (χ0) is 24.9. The minimum absolute atomic E-state index is 0.0196. The van der Waals surface area contributed by atoms with Gasteiger partial charge in [-0.05, 0) is 34.7 Å². The van der Waals surface area contributed by atoms with Gasteiger partial charge in [-0.2, -0.15) is 0 Å². The first kappa shape index (κ1) is 24.0. The molecule has 0 heterocycles. The lowest BCUT2D eigenvalue weighted by molar-refractivity contribution is -0.143. The highest BCUT2D eigenvalue weighted by atomic mass is 16.5. The van der Waals surface area contributed by atoms with E-state index >= 15 is 0 Å². The van der Waals surface area contributed by atoms with Gasteiger partial charge in [0.1, 0.15) is 18.7 Å². The van der Waals surface area contributed by atoms with Gasteiger partial charge in [0.15, 0.2) is 0 Å². The zero-order valence-electron chi connectivity index (χ0n) is 19.0. The highest BCUT2D eigenvalue weighted by Gasteiger charge is 2.40. The summed E-state index contributed by atoms with van der Waals surface area (Å²) in [4.78, 5) is 37.7. The number of aliphatic carboxylic acids is 1. The Morgan fingerprint density at radius 3 is 1.94 bits per heavy atom. The van der Waals surface area contributed by atoms with Crippen molar-refractivity contribution < 1.29 is 29.3 Å². The average molecular weight is 475 g/mol. The summed E-state index contributed by atoms with van der Waals surface area (Å²) in [6.07, 6.45) is -2.20. The monoisotopic (exact) mass is 474 g/mol. The van der Waals surface area contributed by atoms with Gasteiger partial charge in [-0.25, -0.2) is 9.59 Å². The van der Waals surface area contributed by atoms with E-state index in [2.05, 4.69) is 10.6 Å². The van der Waals surface area contributed by atoms with Gasteiger partial charge >= 0.3 is 12.1 Å². The Balaban J connectivity index is 1.51. The van der Waals surface area contributed by atoms with Crippen LogP contribution in [-0.4, -0.2) is 46.4 Å². The highest BCUT2D eigenvalue weighted by Crippen LogP contribution is 2.46. The number of hydrogen-bond acceptors (Lipinski definition) is 5. The van der Waals surface area contributed by atoms with Crippen LogP contribution < -0.4 is 10.6 Å². The van der Waals surface area contributed by atoms with Crippen LogP contribution in [0.2, 0.25) is 0 Å². The van der Waals surface area contributed by atoms with Gasteiger partial charge in [-0.3, -0.25) is 4.79 Å². The molecular weight excluding hydrogens is 448 g/mol. The summed E-state index contributed by atoms with van der Waals surface area (Å²) < 4.78 is 5.15. The molecule has 0 radical (unpaired) electrons. The molecule has 4 N–H and O–H groups in total. The van der Waals surface area contributed by atoms with E-state index in [1.54, 1.807) is 24.3 Å². The summed E-state index contributed by atoms with van der Waals surface area (Å²) >= 11 is 0. The summed E-state index contributed by atoms with van der Waals surface area (Å²) in [6, 6.07) is 21.2. The lowest BCUT2D eigenvalue weighted by Gasteiger charge is -2.27. The minimum Gasteiger partial charge on any atom is -0.480 e. The van der Waals surface area contributed by atoms with E-state index in [0.29, 0.717) is 0 Å². The van der Waals surface area contributed by atoms with Crippen molar-refractivity contribution in [2.45, 2.75) is 37.6 Å². The van der Waals surface area contributed by atoms with Crippen molar-refractivity contribution in [2.75, 3.05) is 0 Å². The number of carbonyl (C=O) groups is 3. The first-order valence-corrected chi connectivity index (χ1v) is 11.2. The van der Waals surface area contributed by atoms with Crippen molar-refractivity contribution in [3.8, 4) is 11.1 Å².